The lowest BCUT2D eigenvalue weighted by molar-refractivity contribution is -0.149. The molecule has 0 saturated carbocycles. The number of nitrogens with zero attached hydrogens (tertiary/aromatic N) is 2. The second kappa shape index (κ2) is 8.83. The van der Waals surface area contributed by atoms with E-state index in [0.717, 1.165) is 6.42 Å². The fourth-order valence-electron chi connectivity index (χ4n) is 4.21. The SMILES string of the molecule is C[C@]1(C(=O)N2CCC(OCC(=O)O)CC2)CCCN1C(=O)c1ccc(C(=N)N)cc1. The van der Waals surface area contributed by atoms with Gasteiger partial charge in [-0.25, -0.2) is 4.79 Å². The number of nitrogens with one attached hydrogen (secondary N) is 1. The Morgan fingerprint density at radius 2 is 1.77 bits per heavy atom. The van der Waals surface area contributed by atoms with E-state index >= 15 is 0 Å². The van der Waals surface area contributed by atoms with E-state index in [9.17, 15) is 14.4 Å². The Kier molecular flexibility index (Phi) is 6.40. The van der Waals surface area contributed by atoms with Crippen molar-refractivity contribution < 1.29 is 24.2 Å². The fourth-order valence-corrected chi connectivity index (χ4v) is 4.21. The summed E-state index contributed by atoms with van der Waals surface area (Å²) in [5.41, 5.74) is 5.56. The number of ether oxygens (including phenoxy) is 1. The number of nitrogen functional groups attached to an aromatic ring is 1. The molecule has 1 atom stereocenters. The molecule has 4 N–H and O–H groups in total. The third-order valence-corrected chi connectivity index (χ3v) is 5.96. The second-order valence-corrected chi connectivity index (χ2v) is 8.02. The van der Waals surface area contributed by atoms with Crippen molar-refractivity contribution in [3.8, 4) is 0 Å². The number of likely N-dealkylation sites (tertiary alicyclic amines) is 2. The molecule has 0 radical (unpaired) electrons. The van der Waals surface area contributed by atoms with Crippen molar-refractivity contribution in [2.24, 2.45) is 5.73 Å². The molecule has 0 aliphatic carbocycles. The molecule has 0 aromatic heterocycles. The average molecular weight is 416 g/mol. The van der Waals surface area contributed by atoms with E-state index in [1.54, 1.807) is 34.1 Å². The van der Waals surface area contributed by atoms with Crippen LogP contribution in [-0.4, -0.2) is 76.4 Å². The number of carboxylic acids is 1. The molecule has 162 valence electrons. The van der Waals surface area contributed by atoms with Gasteiger partial charge in [-0.2, -0.15) is 0 Å². The molecule has 2 aliphatic heterocycles. The lowest BCUT2D eigenvalue weighted by Gasteiger charge is -2.40. The zero-order chi connectivity index (χ0) is 21.9. The van der Waals surface area contributed by atoms with Gasteiger partial charge in [0.15, 0.2) is 0 Å². The standard InChI is InChI=1S/C21H28N4O5/c1-21(20(29)24-11-7-16(8-12-24)30-13-17(26)27)9-2-10-25(21)19(28)15-5-3-14(4-6-15)18(22)23/h3-6,16H,2,7-13H2,1H3,(H3,22,23)(H,26,27)/t21-/m1/s1. The largest absolute Gasteiger partial charge is 0.480 e. The molecule has 0 bridgehead atoms. The number of rotatable bonds is 6. The topological polar surface area (TPSA) is 137 Å². The van der Waals surface area contributed by atoms with Crippen molar-refractivity contribution in [3.63, 3.8) is 0 Å². The summed E-state index contributed by atoms with van der Waals surface area (Å²) in [5, 5.41) is 16.2. The highest BCUT2D eigenvalue weighted by Gasteiger charge is 2.48. The molecule has 2 aliphatic rings. The summed E-state index contributed by atoms with van der Waals surface area (Å²) in [4.78, 5) is 40.5. The Labute approximate surface area is 175 Å². The van der Waals surface area contributed by atoms with Crippen molar-refractivity contribution in [2.75, 3.05) is 26.2 Å². The van der Waals surface area contributed by atoms with Gasteiger partial charge < -0.3 is 25.4 Å². The zero-order valence-electron chi connectivity index (χ0n) is 17.1. The van der Waals surface area contributed by atoms with Gasteiger partial charge in [0.25, 0.3) is 5.91 Å². The predicted octanol–water partition coefficient (Wildman–Crippen LogP) is 1.06. The van der Waals surface area contributed by atoms with Crippen LogP contribution in [0, 0.1) is 5.41 Å². The van der Waals surface area contributed by atoms with Crippen molar-refractivity contribution in [1.29, 1.82) is 5.41 Å². The summed E-state index contributed by atoms with van der Waals surface area (Å²) >= 11 is 0. The van der Waals surface area contributed by atoms with Crippen LogP contribution >= 0.6 is 0 Å². The summed E-state index contributed by atoms with van der Waals surface area (Å²) in [5.74, 6) is -1.35. The van der Waals surface area contributed by atoms with Gasteiger partial charge in [-0.3, -0.25) is 15.0 Å². The Hall–Kier alpha value is -2.94. The van der Waals surface area contributed by atoms with Crippen LogP contribution in [0.5, 0.6) is 0 Å². The van der Waals surface area contributed by atoms with Gasteiger partial charge in [-0.1, -0.05) is 12.1 Å². The minimum Gasteiger partial charge on any atom is -0.480 e. The number of amides is 2. The number of piperidine rings is 1. The minimum absolute atomic E-state index is 0.0640. The predicted molar refractivity (Wildman–Crippen MR) is 109 cm³/mol. The van der Waals surface area contributed by atoms with E-state index in [4.69, 9.17) is 21.0 Å². The van der Waals surface area contributed by atoms with Crippen LogP contribution in [0.15, 0.2) is 24.3 Å². The fraction of sp³-hybridized carbons (Fsp3) is 0.524. The van der Waals surface area contributed by atoms with Gasteiger partial charge in [0, 0.05) is 30.8 Å². The smallest absolute Gasteiger partial charge is 0.329 e. The third-order valence-electron chi connectivity index (χ3n) is 5.96. The minimum atomic E-state index is -1.00. The van der Waals surface area contributed by atoms with Crippen molar-refractivity contribution >= 4 is 23.6 Å². The van der Waals surface area contributed by atoms with E-state index in [1.807, 2.05) is 6.92 Å². The van der Waals surface area contributed by atoms with E-state index < -0.39 is 11.5 Å². The van der Waals surface area contributed by atoms with Crippen molar-refractivity contribution in [2.45, 2.75) is 44.2 Å². The van der Waals surface area contributed by atoms with Gasteiger partial charge in [0.05, 0.1) is 6.10 Å². The molecule has 0 spiro atoms. The monoisotopic (exact) mass is 416 g/mol. The molecule has 9 nitrogen and oxygen atoms in total. The molecule has 2 heterocycles. The molecular weight excluding hydrogens is 388 g/mol. The number of aliphatic carboxylic acids is 1. The van der Waals surface area contributed by atoms with E-state index in [0.29, 0.717) is 50.0 Å². The number of carboxylic acid groups (broad SMARTS) is 1. The van der Waals surface area contributed by atoms with Crippen LogP contribution in [0.25, 0.3) is 0 Å². The van der Waals surface area contributed by atoms with Gasteiger partial charge in [0.2, 0.25) is 5.91 Å². The molecule has 0 unspecified atom stereocenters. The molecular formula is C21H28N4O5. The molecule has 3 rings (SSSR count). The van der Waals surface area contributed by atoms with Crippen LogP contribution in [0.4, 0.5) is 0 Å². The van der Waals surface area contributed by atoms with Crippen LogP contribution in [0.2, 0.25) is 0 Å². The number of carbonyl (C=O) groups excluding carboxylic acids is 2. The highest BCUT2D eigenvalue weighted by Crippen LogP contribution is 2.33. The number of hydrogen-bond donors (Lipinski definition) is 3. The summed E-state index contributed by atoms with van der Waals surface area (Å²) in [6, 6.07) is 6.53. The van der Waals surface area contributed by atoms with Crippen LogP contribution < -0.4 is 5.73 Å². The molecule has 2 amide bonds. The first-order chi connectivity index (χ1) is 14.2. The molecule has 2 saturated heterocycles. The molecule has 2 fully saturated rings. The van der Waals surface area contributed by atoms with Gasteiger partial charge in [-0.15, -0.1) is 0 Å². The molecule has 30 heavy (non-hydrogen) atoms. The molecule has 9 heteroatoms. The maximum atomic E-state index is 13.3. The van der Waals surface area contributed by atoms with Crippen LogP contribution in [-0.2, 0) is 14.3 Å². The van der Waals surface area contributed by atoms with Gasteiger partial charge in [0.1, 0.15) is 18.0 Å². The Morgan fingerprint density at radius 3 is 2.33 bits per heavy atom. The summed E-state index contributed by atoms with van der Waals surface area (Å²) in [6.07, 6.45) is 2.33. The summed E-state index contributed by atoms with van der Waals surface area (Å²) in [6.45, 7) is 2.95. The first-order valence-corrected chi connectivity index (χ1v) is 10.1. The van der Waals surface area contributed by atoms with Crippen molar-refractivity contribution in [1.82, 2.24) is 9.80 Å². The number of carbonyl (C=O) groups is 3. The van der Waals surface area contributed by atoms with Gasteiger partial charge >= 0.3 is 5.97 Å². The lowest BCUT2D eigenvalue weighted by atomic mass is 9.94. The van der Waals surface area contributed by atoms with Crippen LogP contribution in [0.3, 0.4) is 0 Å². The normalized spacial score (nSPS) is 22.2. The Bertz CT molecular complexity index is 832. The number of nitrogens with two attached hydrogens (primary N) is 1. The number of hydrogen-bond acceptors (Lipinski definition) is 5. The number of amidine groups is 1. The van der Waals surface area contributed by atoms with Crippen molar-refractivity contribution in [3.05, 3.63) is 35.4 Å². The highest BCUT2D eigenvalue weighted by molar-refractivity contribution is 6.01. The Balaban J connectivity index is 1.67. The number of benzene rings is 1. The maximum absolute atomic E-state index is 13.3. The quantitative estimate of drug-likeness (QED) is 0.468. The maximum Gasteiger partial charge on any atom is 0.329 e. The highest BCUT2D eigenvalue weighted by atomic mass is 16.5. The Morgan fingerprint density at radius 1 is 1.17 bits per heavy atom. The summed E-state index contributed by atoms with van der Waals surface area (Å²) < 4.78 is 5.34. The first kappa shape index (κ1) is 21.8. The lowest BCUT2D eigenvalue weighted by Crippen LogP contribution is -2.58. The molecule has 1 aromatic carbocycles. The third kappa shape index (κ3) is 4.46. The second-order valence-electron chi connectivity index (χ2n) is 8.02. The van der Waals surface area contributed by atoms with Gasteiger partial charge in [-0.05, 0) is 44.7 Å². The van der Waals surface area contributed by atoms with E-state index in [-0.39, 0.29) is 30.4 Å². The molecule has 1 aromatic rings. The van der Waals surface area contributed by atoms with E-state index in [1.165, 1.54) is 0 Å². The average Bonchev–Trinajstić information content (AvgIpc) is 3.14. The van der Waals surface area contributed by atoms with Crippen LogP contribution in [0.1, 0.15) is 48.5 Å². The first-order valence-electron chi connectivity index (χ1n) is 10.1. The van der Waals surface area contributed by atoms with E-state index in [2.05, 4.69) is 0 Å². The zero-order valence-corrected chi connectivity index (χ0v) is 17.1. The summed E-state index contributed by atoms with van der Waals surface area (Å²) in [7, 11) is 0.